The monoisotopic (exact) mass is 548 g/mol. The van der Waals surface area contributed by atoms with E-state index in [0.717, 1.165) is 0 Å². The zero-order valence-corrected chi connectivity index (χ0v) is 22.2. The van der Waals surface area contributed by atoms with Crippen molar-refractivity contribution in [2.45, 2.75) is 57.4 Å². The molecule has 1 aromatic carbocycles. The van der Waals surface area contributed by atoms with Gasteiger partial charge in [0.15, 0.2) is 5.65 Å². The molecule has 2 amide bonds. The molecule has 11 heteroatoms. The van der Waals surface area contributed by atoms with E-state index in [0.29, 0.717) is 22.5 Å². The van der Waals surface area contributed by atoms with Crippen molar-refractivity contribution >= 4 is 17.5 Å². The zero-order chi connectivity index (χ0) is 28.4. The quantitative estimate of drug-likeness (QED) is 0.340. The van der Waals surface area contributed by atoms with Gasteiger partial charge in [0, 0.05) is 24.6 Å². The highest BCUT2D eigenvalue weighted by Gasteiger charge is 2.40. The third-order valence-corrected chi connectivity index (χ3v) is 7.14. The van der Waals surface area contributed by atoms with Crippen molar-refractivity contribution in [3.63, 3.8) is 0 Å². The van der Waals surface area contributed by atoms with Gasteiger partial charge in [-0.05, 0) is 29.7 Å². The van der Waals surface area contributed by atoms with Crippen LogP contribution >= 0.6 is 0 Å². The Bertz CT molecular complexity index is 1590. The fourth-order valence-corrected chi connectivity index (χ4v) is 5.03. The molecule has 1 N–H and O–H groups in total. The molecule has 3 atom stereocenters. The highest BCUT2D eigenvalue weighted by Crippen LogP contribution is 2.27. The minimum Gasteiger partial charge on any atom is -0.342 e. The first kappa shape index (κ1) is 27.2. The highest BCUT2D eigenvalue weighted by atomic mass is 19.1. The minimum absolute atomic E-state index is 0.0147. The number of hydrogen-bond donors (Lipinski definition) is 1. The maximum absolute atomic E-state index is 14.8. The first-order valence-corrected chi connectivity index (χ1v) is 13.2. The Labute approximate surface area is 229 Å². The molecule has 9 nitrogen and oxygen atoms in total. The Morgan fingerprint density at radius 2 is 1.82 bits per heavy atom. The molecule has 4 heterocycles. The summed E-state index contributed by atoms with van der Waals surface area (Å²) in [5.74, 6) is -1.72. The third-order valence-electron chi connectivity index (χ3n) is 7.14. The van der Waals surface area contributed by atoms with Crippen LogP contribution in [0.2, 0.25) is 0 Å². The van der Waals surface area contributed by atoms with E-state index in [4.69, 9.17) is 0 Å². The number of pyridine rings is 2. The molecule has 1 fully saturated rings. The van der Waals surface area contributed by atoms with E-state index in [2.05, 4.69) is 15.4 Å². The molecule has 0 spiro atoms. The number of hydrogen-bond acceptors (Lipinski definition) is 5. The van der Waals surface area contributed by atoms with E-state index < -0.39 is 41.7 Å². The van der Waals surface area contributed by atoms with Gasteiger partial charge in [0.05, 0.1) is 24.8 Å². The van der Waals surface area contributed by atoms with Crippen LogP contribution in [0.15, 0.2) is 71.7 Å². The van der Waals surface area contributed by atoms with E-state index >= 15 is 0 Å². The average molecular weight is 549 g/mol. The number of benzene rings is 1. The molecule has 0 bridgehead atoms. The first-order chi connectivity index (χ1) is 19.2. The van der Waals surface area contributed by atoms with Gasteiger partial charge in [-0.3, -0.25) is 14.0 Å². The molecule has 3 aromatic heterocycles. The zero-order valence-electron chi connectivity index (χ0n) is 22.2. The maximum atomic E-state index is 14.8. The van der Waals surface area contributed by atoms with Crippen LogP contribution in [0.5, 0.6) is 0 Å². The number of carbonyl (C=O) groups is 2. The molecule has 0 saturated carbocycles. The van der Waals surface area contributed by atoms with Gasteiger partial charge < -0.3 is 10.2 Å². The van der Waals surface area contributed by atoms with Crippen molar-refractivity contribution in [1.82, 2.24) is 29.4 Å². The van der Waals surface area contributed by atoms with Gasteiger partial charge in [0.25, 0.3) is 0 Å². The molecule has 0 aliphatic carbocycles. The highest BCUT2D eigenvalue weighted by molar-refractivity contribution is 5.88. The number of aryl methyl sites for hydroxylation is 1. The molecule has 208 valence electrons. The number of halogens is 2. The third kappa shape index (κ3) is 5.49. The summed E-state index contributed by atoms with van der Waals surface area (Å²) in [7, 11) is 0. The first-order valence-electron chi connectivity index (χ1n) is 13.2. The van der Waals surface area contributed by atoms with Crippen LogP contribution in [0.4, 0.5) is 8.78 Å². The van der Waals surface area contributed by atoms with Gasteiger partial charge in [-0.1, -0.05) is 56.3 Å². The minimum atomic E-state index is -1.38. The fraction of sp³-hybridized carbons (Fsp3) is 0.345. The van der Waals surface area contributed by atoms with E-state index in [1.807, 2.05) is 19.9 Å². The van der Waals surface area contributed by atoms with Crippen LogP contribution in [0.25, 0.3) is 5.65 Å². The lowest BCUT2D eigenvalue weighted by atomic mass is 9.99. The second-order valence-corrected chi connectivity index (χ2v) is 10.2. The number of likely N-dealkylation sites (tertiary alicyclic amines) is 1. The van der Waals surface area contributed by atoms with Crippen LogP contribution < -0.4 is 11.0 Å². The van der Waals surface area contributed by atoms with Crippen LogP contribution in [0, 0.1) is 5.95 Å². The van der Waals surface area contributed by atoms with Crippen LogP contribution in [-0.4, -0.2) is 54.6 Å². The molecule has 5 rings (SSSR count). The smallest absolute Gasteiger partial charge is 0.342 e. The average Bonchev–Trinajstić information content (AvgIpc) is 3.50. The number of rotatable bonds is 8. The van der Waals surface area contributed by atoms with Gasteiger partial charge in [0.2, 0.25) is 17.8 Å². The predicted molar refractivity (Wildman–Crippen MR) is 144 cm³/mol. The molecule has 4 aromatic rings. The molecule has 0 radical (unpaired) electrons. The number of nitrogens with zero attached hydrogens (tertiary/aromatic N) is 5. The summed E-state index contributed by atoms with van der Waals surface area (Å²) in [6, 6.07) is 15.5. The summed E-state index contributed by atoms with van der Waals surface area (Å²) in [4.78, 5) is 44.5. The Balaban J connectivity index is 1.34. The van der Waals surface area contributed by atoms with E-state index in [9.17, 15) is 23.2 Å². The largest absolute Gasteiger partial charge is 0.350 e. The lowest BCUT2D eigenvalue weighted by molar-refractivity contribution is -0.138. The van der Waals surface area contributed by atoms with Crippen LogP contribution in [0.1, 0.15) is 55.5 Å². The van der Waals surface area contributed by atoms with Crippen molar-refractivity contribution in [2.75, 3.05) is 6.54 Å². The summed E-state index contributed by atoms with van der Waals surface area (Å²) in [6.07, 6.45) is -0.0980. The lowest BCUT2D eigenvalue weighted by Gasteiger charge is -2.26. The fourth-order valence-electron chi connectivity index (χ4n) is 5.03. The Hall–Kier alpha value is -4.41. The van der Waals surface area contributed by atoms with Gasteiger partial charge in [-0.2, -0.15) is 4.39 Å². The maximum Gasteiger partial charge on any atom is 0.350 e. The van der Waals surface area contributed by atoms with Crippen molar-refractivity contribution in [3.05, 3.63) is 100 Å². The summed E-state index contributed by atoms with van der Waals surface area (Å²) < 4.78 is 31.9. The Morgan fingerprint density at radius 3 is 2.52 bits per heavy atom. The topological polar surface area (TPSA) is 102 Å². The van der Waals surface area contributed by atoms with E-state index in [1.54, 1.807) is 60.8 Å². The summed E-state index contributed by atoms with van der Waals surface area (Å²) >= 11 is 0. The van der Waals surface area contributed by atoms with Gasteiger partial charge in [0.1, 0.15) is 12.2 Å². The van der Waals surface area contributed by atoms with E-state index in [-0.39, 0.29) is 31.8 Å². The van der Waals surface area contributed by atoms with Gasteiger partial charge >= 0.3 is 5.69 Å². The van der Waals surface area contributed by atoms with Crippen molar-refractivity contribution in [3.8, 4) is 0 Å². The van der Waals surface area contributed by atoms with Crippen LogP contribution in [-0.2, 0) is 16.1 Å². The van der Waals surface area contributed by atoms with E-state index in [1.165, 1.54) is 14.0 Å². The standard InChI is InChI=1S/C29H30F2N6O3/c1-18(2)21-11-12-22(32-27(21)31)26(19-8-4-3-5-9-19)33-28(39)23-16-20(30)17-36(23)25(38)13-15-37-29(40)35-14-7-6-10-24(35)34-37/h3-12,14,18,20,23,26H,13,15-17H2,1-2H3,(H,33,39). The number of carbonyl (C=O) groups excluding carboxylic acids is 2. The van der Waals surface area contributed by atoms with Crippen LogP contribution in [0.3, 0.4) is 0 Å². The Morgan fingerprint density at radius 1 is 1.07 bits per heavy atom. The number of fused-ring (bicyclic) bond motifs is 1. The molecule has 40 heavy (non-hydrogen) atoms. The number of amides is 2. The molecule has 1 saturated heterocycles. The number of nitrogens with one attached hydrogen (secondary N) is 1. The number of aromatic nitrogens is 4. The van der Waals surface area contributed by atoms with Crippen molar-refractivity contribution in [2.24, 2.45) is 0 Å². The second-order valence-electron chi connectivity index (χ2n) is 10.2. The molecular formula is C29H30F2N6O3. The lowest BCUT2D eigenvalue weighted by Crippen LogP contribution is -2.47. The molecule has 1 aliphatic heterocycles. The van der Waals surface area contributed by atoms with Crippen molar-refractivity contribution in [1.29, 1.82) is 0 Å². The SMILES string of the molecule is CC(C)c1ccc(C(NC(=O)C2CC(F)CN2C(=O)CCn2nc3ccccn3c2=O)c2ccccc2)nc1F. The van der Waals surface area contributed by atoms with Gasteiger partial charge in [-0.15, -0.1) is 5.10 Å². The van der Waals surface area contributed by atoms with Gasteiger partial charge in [-0.25, -0.2) is 18.9 Å². The molecule has 1 aliphatic rings. The summed E-state index contributed by atoms with van der Waals surface area (Å²) in [5, 5.41) is 7.09. The van der Waals surface area contributed by atoms with Crippen molar-refractivity contribution < 1.29 is 18.4 Å². The Kier molecular flexibility index (Phi) is 7.72. The molecular weight excluding hydrogens is 518 g/mol. The number of alkyl halides is 1. The second kappa shape index (κ2) is 11.4. The summed E-state index contributed by atoms with van der Waals surface area (Å²) in [6.45, 7) is 3.48. The predicted octanol–water partition coefficient (Wildman–Crippen LogP) is 3.39. The summed E-state index contributed by atoms with van der Waals surface area (Å²) in [5.41, 5.74) is 1.47. The normalized spacial score (nSPS) is 17.9. The molecule has 3 unspecified atom stereocenters.